The quantitative estimate of drug-likeness (QED) is 0.604. The molecular weight excluding hydrogens is 216 g/mol. The summed E-state index contributed by atoms with van der Waals surface area (Å²) in [6.45, 7) is 1.15. The van der Waals surface area contributed by atoms with Gasteiger partial charge < -0.3 is 0 Å². The van der Waals surface area contributed by atoms with Crippen LogP contribution in [0, 0.1) is 0 Å². The molecule has 0 aromatic heterocycles. The first-order valence-electron chi connectivity index (χ1n) is 3.50. The lowest BCUT2D eigenvalue weighted by atomic mass is 10.5. The maximum absolute atomic E-state index is 11.0. The average molecular weight is 228 g/mol. The Labute approximate surface area is 78.0 Å². The van der Waals surface area contributed by atoms with E-state index in [0.717, 1.165) is 13.2 Å². The topological polar surface area (TPSA) is 85.3 Å². The van der Waals surface area contributed by atoms with Crippen LogP contribution >= 0.6 is 0 Å². The predicted molar refractivity (Wildman–Crippen MR) is 49.0 cm³/mol. The summed E-state index contributed by atoms with van der Waals surface area (Å²) in [5, 5.41) is 0. The number of ketones is 1. The summed E-state index contributed by atoms with van der Waals surface area (Å²) >= 11 is 0. The van der Waals surface area contributed by atoms with Crippen molar-refractivity contribution in [3.63, 3.8) is 0 Å². The Bertz CT molecular complexity index is 375. The maximum atomic E-state index is 11.0. The van der Waals surface area contributed by atoms with Gasteiger partial charge in [0, 0.05) is 6.26 Å². The van der Waals surface area contributed by atoms with E-state index in [0.29, 0.717) is 0 Å². The van der Waals surface area contributed by atoms with Crippen molar-refractivity contribution in [2.45, 2.75) is 6.92 Å². The molecule has 0 unspecified atom stereocenters. The van der Waals surface area contributed by atoms with E-state index < -0.39 is 42.7 Å². The van der Waals surface area contributed by atoms with E-state index in [1.165, 1.54) is 0 Å². The van der Waals surface area contributed by atoms with Crippen LogP contribution in [0.3, 0.4) is 0 Å². The van der Waals surface area contributed by atoms with E-state index in [1.807, 2.05) is 0 Å². The molecule has 0 aliphatic carbocycles. The van der Waals surface area contributed by atoms with Gasteiger partial charge in [-0.25, -0.2) is 16.8 Å². The van der Waals surface area contributed by atoms with Gasteiger partial charge in [-0.15, -0.1) is 0 Å². The Morgan fingerprint density at radius 2 is 1.54 bits per heavy atom. The standard InChI is InChI=1S/C6H12O5S2/c1-6(7)5-13(10,11)4-3-12(2,8)9/h3-5H2,1-2H3. The number of rotatable bonds is 5. The van der Waals surface area contributed by atoms with E-state index in [4.69, 9.17) is 0 Å². The lowest BCUT2D eigenvalue weighted by Crippen LogP contribution is -2.21. The minimum absolute atomic E-state index is 0.428. The fourth-order valence-corrected chi connectivity index (χ4v) is 3.65. The molecule has 0 aliphatic heterocycles. The molecule has 0 bridgehead atoms. The van der Waals surface area contributed by atoms with Crippen molar-refractivity contribution in [3.05, 3.63) is 0 Å². The van der Waals surface area contributed by atoms with Crippen LogP contribution in [0.1, 0.15) is 6.92 Å². The van der Waals surface area contributed by atoms with Crippen LogP contribution in [-0.4, -0.2) is 46.1 Å². The zero-order valence-corrected chi connectivity index (χ0v) is 9.11. The second kappa shape index (κ2) is 4.19. The van der Waals surface area contributed by atoms with Crippen molar-refractivity contribution in [1.82, 2.24) is 0 Å². The summed E-state index contributed by atoms with van der Waals surface area (Å²) in [7, 11) is -6.83. The first-order chi connectivity index (χ1) is 5.62. The van der Waals surface area contributed by atoms with Crippen LogP contribution in [0.25, 0.3) is 0 Å². The van der Waals surface area contributed by atoms with Crippen LogP contribution < -0.4 is 0 Å². The van der Waals surface area contributed by atoms with Gasteiger partial charge in [0.25, 0.3) is 0 Å². The molecule has 0 aromatic carbocycles. The van der Waals surface area contributed by atoms with Crippen LogP contribution in [0.2, 0.25) is 0 Å². The van der Waals surface area contributed by atoms with Gasteiger partial charge in [-0.2, -0.15) is 0 Å². The lowest BCUT2D eigenvalue weighted by molar-refractivity contribution is -0.114. The van der Waals surface area contributed by atoms with Gasteiger partial charge in [-0.1, -0.05) is 0 Å². The Hall–Kier alpha value is -0.430. The summed E-state index contributed by atoms with van der Waals surface area (Å²) in [6.07, 6.45) is 0.955. The van der Waals surface area contributed by atoms with E-state index in [-0.39, 0.29) is 0 Å². The molecular formula is C6H12O5S2. The fraction of sp³-hybridized carbons (Fsp3) is 0.833. The highest BCUT2D eigenvalue weighted by molar-refractivity contribution is 7.95. The molecule has 5 nitrogen and oxygen atoms in total. The minimum Gasteiger partial charge on any atom is -0.299 e. The molecule has 0 saturated heterocycles. The van der Waals surface area contributed by atoms with E-state index in [2.05, 4.69) is 0 Å². The molecule has 0 aliphatic rings. The summed E-state index contributed by atoms with van der Waals surface area (Å²) in [5.74, 6) is -1.97. The third-order valence-corrected chi connectivity index (χ3v) is 4.06. The zero-order chi connectivity index (χ0) is 10.7. The van der Waals surface area contributed by atoms with Gasteiger partial charge in [0.2, 0.25) is 0 Å². The number of carbonyl (C=O) groups excluding carboxylic acids is 1. The second-order valence-electron chi connectivity index (χ2n) is 2.92. The Morgan fingerprint density at radius 3 is 1.85 bits per heavy atom. The van der Waals surface area contributed by atoms with Crippen molar-refractivity contribution in [1.29, 1.82) is 0 Å². The molecule has 0 saturated carbocycles. The third kappa shape index (κ3) is 7.92. The summed E-state index contributed by atoms with van der Waals surface area (Å²) in [6, 6.07) is 0. The molecule has 0 aromatic rings. The van der Waals surface area contributed by atoms with Gasteiger partial charge in [0.1, 0.15) is 21.4 Å². The minimum atomic E-state index is -3.54. The molecule has 0 rings (SSSR count). The number of sulfone groups is 2. The molecule has 78 valence electrons. The van der Waals surface area contributed by atoms with Gasteiger partial charge in [0.15, 0.2) is 9.84 Å². The van der Waals surface area contributed by atoms with Crippen molar-refractivity contribution in [2.24, 2.45) is 0 Å². The van der Waals surface area contributed by atoms with E-state index >= 15 is 0 Å². The van der Waals surface area contributed by atoms with Crippen molar-refractivity contribution in [2.75, 3.05) is 23.5 Å². The lowest BCUT2D eigenvalue weighted by Gasteiger charge is -1.99. The van der Waals surface area contributed by atoms with Crippen LogP contribution in [0.15, 0.2) is 0 Å². The zero-order valence-electron chi connectivity index (χ0n) is 7.48. The smallest absolute Gasteiger partial charge is 0.158 e. The van der Waals surface area contributed by atoms with E-state index in [1.54, 1.807) is 0 Å². The molecule has 0 radical (unpaired) electrons. The summed E-state index contributed by atoms with van der Waals surface area (Å²) in [4.78, 5) is 10.5. The molecule has 0 atom stereocenters. The Balaban J connectivity index is 4.30. The monoisotopic (exact) mass is 228 g/mol. The van der Waals surface area contributed by atoms with Crippen LogP contribution in [-0.2, 0) is 24.5 Å². The molecule has 0 heterocycles. The first-order valence-corrected chi connectivity index (χ1v) is 7.38. The van der Waals surface area contributed by atoms with Gasteiger partial charge in [-0.3, -0.25) is 4.79 Å². The highest BCUT2D eigenvalue weighted by Crippen LogP contribution is 1.94. The first kappa shape index (κ1) is 12.6. The van der Waals surface area contributed by atoms with Crippen LogP contribution in [0.4, 0.5) is 0 Å². The van der Waals surface area contributed by atoms with Gasteiger partial charge in [-0.05, 0) is 6.92 Å². The summed E-state index contributed by atoms with van der Waals surface area (Å²) < 4.78 is 43.2. The number of Topliss-reactive ketones (excluding diaryl/α,β-unsaturated/α-hetero) is 1. The Morgan fingerprint density at radius 1 is 1.08 bits per heavy atom. The highest BCUT2D eigenvalue weighted by Gasteiger charge is 2.16. The highest BCUT2D eigenvalue weighted by atomic mass is 32.2. The molecule has 7 heteroatoms. The number of hydrogen-bond acceptors (Lipinski definition) is 5. The predicted octanol–water partition coefficient (Wildman–Crippen LogP) is -0.965. The average Bonchev–Trinajstić information content (AvgIpc) is 1.79. The molecule has 0 amide bonds. The Kier molecular flexibility index (Phi) is 4.05. The van der Waals surface area contributed by atoms with Gasteiger partial charge in [0.05, 0.1) is 11.5 Å². The van der Waals surface area contributed by atoms with E-state index in [9.17, 15) is 21.6 Å². The molecule has 0 fully saturated rings. The number of carbonyl (C=O) groups is 1. The van der Waals surface area contributed by atoms with Gasteiger partial charge >= 0.3 is 0 Å². The van der Waals surface area contributed by atoms with Crippen molar-refractivity contribution < 1.29 is 21.6 Å². The molecule has 13 heavy (non-hydrogen) atoms. The SMILES string of the molecule is CC(=O)CS(=O)(=O)CCS(C)(=O)=O. The van der Waals surface area contributed by atoms with Crippen molar-refractivity contribution >= 4 is 25.5 Å². The molecule has 0 N–H and O–H groups in total. The second-order valence-corrected chi connectivity index (χ2v) is 7.37. The maximum Gasteiger partial charge on any atom is 0.158 e. The van der Waals surface area contributed by atoms with Crippen molar-refractivity contribution in [3.8, 4) is 0 Å². The molecule has 0 spiro atoms. The normalized spacial score (nSPS) is 12.8. The van der Waals surface area contributed by atoms with Crippen LogP contribution in [0.5, 0.6) is 0 Å². The largest absolute Gasteiger partial charge is 0.299 e. The third-order valence-electron chi connectivity index (χ3n) is 1.19. The fourth-order valence-electron chi connectivity index (χ4n) is 0.660. The number of hydrogen-bond donors (Lipinski definition) is 0. The summed E-state index contributed by atoms with van der Waals surface area (Å²) in [5.41, 5.74) is 0.